The highest BCUT2D eigenvalue weighted by molar-refractivity contribution is 8.15. The highest BCUT2D eigenvalue weighted by atomic mass is 32.2. The van der Waals surface area contributed by atoms with E-state index in [2.05, 4.69) is 20.9 Å². The number of methoxy groups -OCH3 is 1. The molecule has 2 N–H and O–H groups in total. The number of benzene rings is 1. The van der Waals surface area contributed by atoms with Gasteiger partial charge in [-0.05, 0) is 51.0 Å². The molecule has 1 aromatic heterocycles. The number of hydrogen-bond donors (Lipinski definition) is 1. The van der Waals surface area contributed by atoms with Crippen LogP contribution in [0.15, 0.2) is 35.6 Å². The van der Waals surface area contributed by atoms with Gasteiger partial charge in [0.05, 0.1) is 24.5 Å². The minimum Gasteiger partial charge on any atom is -0.460 e. The third kappa shape index (κ3) is 5.89. The Labute approximate surface area is 196 Å². The number of rotatable bonds is 7. The van der Waals surface area contributed by atoms with Crippen molar-refractivity contribution < 1.29 is 18.3 Å². The summed E-state index contributed by atoms with van der Waals surface area (Å²) < 4.78 is 40.0. The fraction of sp³-hybridized carbons (Fsp3) is 0.375. The molecule has 0 bridgehead atoms. The lowest BCUT2D eigenvalue weighted by Gasteiger charge is -2.41. The van der Waals surface area contributed by atoms with E-state index < -0.39 is 23.3 Å². The Morgan fingerprint density at radius 3 is 2.76 bits per heavy atom. The Hall–Kier alpha value is -2.96. The summed E-state index contributed by atoms with van der Waals surface area (Å²) in [5, 5.41) is 0.353. The second kappa shape index (κ2) is 9.89. The van der Waals surface area contributed by atoms with E-state index in [1.807, 2.05) is 13.8 Å². The number of halogens is 2. The lowest BCUT2D eigenvalue weighted by Crippen LogP contribution is -2.43. The number of nitrogens with zero attached hydrogens (tertiary/aromatic N) is 3. The van der Waals surface area contributed by atoms with Crippen molar-refractivity contribution in [3.63, 3.8) is 0 Å². The van der Waals surface area contributed by atoms with Crippen LogP contribution in [0.4, 0.5) is 8.78 Å². The van der Waals surface area contributed by atoms with Crippen molar-refractivity contribution >= 4 is 28.8 Å². The molecule has 1 aromatic carbocycles. The maximum absolute atomic E-state index is 14.9. The molecule has 0 unspecified atom stereocenters. The van der Waals surface area contributed by atoms with Crippen LogP contribution in [-0.2, 0) is 10.3 Å². The number of terminal acetylenes is 1. The Bertz CT molecular complexity index is 1120. The zero-order valence-electron chi connectivity index (χ0n) is 18.9. The monoisotopic (exact) mass is 472 g/mol. The predicted molar refractivity (Wildman–Crippen MR) is 128 cm³/mol. The van der Waals surface area contributed by atoms with E-state index in [4.69, 9.17) is 21.6 Å². The smallest absolute Gasteiger partial charge is 0.233 e. The Morgan fingerprint density at radius 1 is 1.36 bits per heavy atom. The molecule has 1 aliphatic rings. The lowest BCUT2D eigenvalue weighted by atomic mass is 9.82. The van der Waals surface area contributed by atoms with Gasteiger partial charge in [-0.3, -0.25) is 4.99 Å². The maximum atomic E-state index is 14.9. The molecule has 0 aliphatic carbocycles. The van der Waals surface area contributed by atoms with Crippen LogP contribution in [-0.4, -0.2) is 39.7 Å². The average molecular weight is 473 g/mol. The molecule has 0 saturated heterocycles. The van der Waals surface area contributed by atoms with Gasteiger partial charge < -0.3 is 15.2 Å². The van der Waals surface area contributed by atoms with Crippen molar-refractivity contribution in [1.82, 2.24) is 9.97 Å². The minimum absolute atomic E-state index is 0.0109. The minimum atomic E-state index is -0.931. The molecule has 6 nitrogen and oxygen atoms in total. The second-order valence-corrected chi connectivity index (χ2v) is 9.89. The zero-order chi connectivity index (χ0) is 24.2. The molecule has 2 aromatic rings. The van der Waals surface area contributed by atoms with Crippen molar-refractivity contribution in [2.45, 2.75) is 43.6 Å². The number of hydrogen-bond acceptors (Lipinski definition) is 7. The van der Waals surface area contributed by atoms with Gasteiger partial charge in [0.25, 0.3) is 0 Å². The van der Waals surface area contributed by atoms with E-state index in [0.717, 1.165) is 0 Å². The molecule has 174 valence electrons. The number of aromatic nitrogens is 2. The summed E-state index contributed by atoms with van der Waals surface area (Å²) in [6, 6.07) is 4.36. The standard InChI is InChI=1S/C24H26F2N4O2S/c1-6-15(2)32-21-12-28-20(11-29-21)19(26)10-16-7-8-18(25)17(9-16)24(4)13-23(3,14-31-5)33-22(27)30-24/h1,7-12,15H,13-14H2,2-5H3,(H2,27,30)/b19-10-/t15-,23+,24-/m0/s1. The van der Waals surface area contributed by atoms with Gasteiger partial charge in [0, 0.05) is 17.4 Å². The fourth-order valence-corrected chi connectivity index (χ4v) is 5.13. The second-order valence-electron chi connectivity index (χ2n) is 8.28. The van der Waals surface area contributed by atoms with Crippen LogP contribution < -0.4 is 10.5 Å². The molecular formula is C24H26F2N4O2S. The Kier molecular flexibility index (Phi) is 7.40. The van der Waals surface area contributed by atoms with Gasteiger partial charge in [0.15, 0.2) is 17.1 Å². The summed E-state index contributed by atoms with van der Waals surface area (Å²) in [6.07, 6.45) is 9.08. The molecule has 1 aliphatic heterocycles. The van der Waals surface area contributed by atoms with Crippen molar-refractivity contribution in [2.24, 2.45) is 10.7 Å². The number of ether oxygens (including phenoxy) is 2. The summed E-state index contributed by atoms with van der Waals surface area (Å²) in [5.74, 6) is 1.53. The average Bonchev–Trinajstić information content (AvgIpc) is 2.74. The number of aliphatic imine (C=N–C) groups is 1. The molecule has 3 rings (SSSR count). The predicted octanol–water partition coefficient (Wildman–Crippen LogP) is 4.56. The molecule has 9 heteroatoms. The normalized spacial score (nSPS) is 24.0. The molecule has 0 radical (unpaired) electrons. The van der Waals surface area contributed by atoms with E-state index in [1.54, 1.807) is 20.1 Å². The number of thioether (sulfide) groups is 1. The van der Waals surface area contributed by atoms with Crippen LogP contribution in [0.1, 0.15) is 44.0 Å². The largest absolute Gasteiger partial charge is 0.460 e. The number of amidine groups is 1. The van der Waals surface area contributed by atoms with E-state index in [9.17, 15) is 8.78 Å². The first-order valence-corrected chi connectivity index (χ1v) is 11.0. The lowest BCUT2D eigenvalue weighted by molar-refractivity contribution is 0.157. The van der Waals surface area contributed by atoms with E-state index in [1.165, 1.54) is 42.4 Å². The molecule has 2 heterocycles. The van der Waals surface area contributed by atoms with Crippen LogP contribution in [0.3, 0.4) is 0 Å². The Balaban J connectivity index is 1.90. The SMILES string of the molecule is C#C[C@H](C)Oc1cnc(/C(F)=C/c2ccc(F)c([C@]3(C)C[C@](C)(COC)SC(N)=N3)c2)cn1. The maximum Gasteiger partial charge on any atom is 0.233 e. The molecule has 0 saturated carbocycles. The summed E-state index contributed by atoms with van der Waals surface area (Å²) in [7, 11) is 1.61. The van der Waals surface area contributed by atoms with E-state index >= 15 is 0 Å². The highest BCUT2D eigenvalue weighted by Crippen LogP contribution is 2.46. The third-order valence-corrected chi connectivity index (χ3v) is 6.20. The first-order valence-electron chi connectivity index (χ1n) is 10.2. The van der Waals surface area contributed by atoms with Crippen molar-refractivity contribution in [3.05, 3.63) is 53.2 Å². The van der Waals surface area contributed by atoms with E-state index in [0.29, 0.717) is 29.3 Å². The summed E-state index contributed by atoms with van der Waals surface area (Å²) in [6.45, 7) is 5.93. The molecule has 0 amide bonds. The van der Waals surface area contributed by atoms with Crippen molar-refractivity contribution in [1.29, 1.82) is 0 Å². The summed E-state index contributed by atoms with van der Waals surface area (Å²) >= 11 is 1.41. The fourth-order valence-electron chi connectivity index (χ4n) is 3.84. The molecule has 33 heavy (non-hydrogen) atoms. The van der Waals surface area contributed by atoms with Crippen LogP contribution in [0, 0.1) is 18.2 Å². The molecule has 0 fully saturated rings. The van der Waals surface area contributed by atoms with Crippen LogP contribution >= 0.6 is 11.8 Å². The summed E-state index contributed by atoms with van der Waals surface area (Å²) in [5.41, 5.74) is 5.94. The topological polar surface area (TPSA) is 82.6 Å². The van der Waals surface area contributed by atoms with Crippen LogP contribution in [0.5, 0.6) is 5.88 Å². The summed E-state index contributed by atoms with van der Waals surface area (Å²) in [4.78, 5) is 12.6. The van der Waals surface area contributed by atoms with Gasteiger partial charge in [0.2, 0.25) is 5.88 Å². The molecule has 0 spiro atoms. The van der Waals surface area contributed by atoms with E-state index in [-0.39, 0.29) is 16.3 Å². The highest BCUT2D eigenvalue weighted by Gasteiger charge is 2.43. The van der Waals surface area contributed by atoms with Crippen molar-refractivity contribution in [3.8, 4) is 18.2 Å². The van der Waals surface area contributed by atoms with Gasteiger partial charge in [0.1, 0.15) is 11.5 Å². The van der Waals surface area contributed by atoms with Gasteiger partial charge in [-0.25, -0.2) is 18.7 Å². The Morgan fingerprint density at radius 2 is 2.12 bits per heavy atom. The first kappa shape index (κ1) is 24.7. The van der Waals surface area contributed by atoms with Crippen LogP contribution in [0.25, 0.3) is 11.9 Å². The third-order valence-electron chi connectivity index (χ3n) is 5.14. The van der Waals surface area contributed by atoms with Gasteiger partial charge >= 0.3 is 0 Å². The van der Waals surface area contributed by atoms with Gasteiger partial charge in [-0.15, -0.1) is 6.42 Å². The van der Waals surface area contributed by atoms with Gasteiger partial charge in [-0.2, -0.15) is 0 Å². The quantitative estimate of drug-likeness (QED) is 0.595. The molecule has 3 atom stereocenters. The van der Waals surface area contributed by atoms with Gasteiger partial charge in [-0.1, -0.05) is 23.7 Å². The van der Waals surface area contributed by atoms with Crippen molar-refractivity contribution in [2.75, 3.05) is 13.7 Å². The van der Waals surface area contributed by atoms with Crippen LogP contribution in [0.2, 0.25) is 0 Å². The molecular weight excluding hydrogens is 446 g/mol. The number of nitrogens with two attached hydrogens (primary N) is 1. The first-order chi connectivity index (χ1) is 15.6. The zero-order valence-corrected chi connectivity index (χ0v) is 19.7.